The van der Waals surface area contributed by atoms with E-state index in [1.165, 1.54) is 6.07 Å². The van der Waals surface area contributed by atoms with Crippen LogP contribution in [0.2, 0.25) is 0 Å². The molecule has 0 aromatic heterocycles. The Kier molecular flexibility index (Phi) is 6.70. The number of halogens is 2. The Labute approximate surface area is 111 Å². The highest BCUT2D eigenvalue weighted by Gasteiger charge is 2.11. The molecule has 0 fully saturated rings. The summed E-state index contributed by atoms with van der Waals surface area (Å²) in [5, 5.41) is 3.19. The molecule has 0 radical (unpaired) electrons. The molecule has 0 saturated carbocycles. The lowest BCUT2D eigenvalue weighted by atomic mass is 10.0. The quantitative estimate of drug-likeness (QED) is 0.781. The molecule has 2 nitrogen and oxygen atoms in total. The molecule has 0 saturated heterocycles. The summed E-state index contributed by atoms with van der Waals surface area (Å²) in [6.45, 7) is 3.40. The SMILES string of the molecule is CCOCCC(Cc1cc(Br)ccc1F)NC. The van der Waals surface area contributed by atoms with Crippen molar-refractivity contribution in [1.82, 2.24) is 5.32 Å². The lowest BCUT2D eigenvalue weighted by molar-refractivity contribution is 0.137. The zero-order valence-corrected chi connectivity index (χ0v) is 11.9. The third-order valence-electron chi connectivity index (χ3n) is 2.70. The van der Waals surface area contributed by atoms with Crippen molar-refractivity contribution in [3.05, 3.63) is 34.1 Å². The monoisotopic (exact) mass is 303 g/mol. The van der Waals surface area contributed by atoms with Gasteiger partial charge in [0, 0.05) is 23.7 Å². The van der Waals surface area contributed by atoms with Crippen LogP contribution in [0.15, 0.2) is 22.7 Å². The number of ether oxygens (including phenoxy) is 1. The number of hydrogen-bond acceptors (Lipinski definition) is 2. The summed E-state index contributed by atoms with van der Waals surface area (Å²) in [6.07, 6.45) is 1.56. The maximum Gasteiger partial charge on any atom is 0.126 e. The van der Waals surface area contributed by atoms with Crippen LogP contribution < -0.4 is 5.32 Å². The van der Waals surface area contributed by atoms with E-state index in [9.17, 15) is 4.39 Å². The van der Waals surface area contributed by atoms with Crippen LogP contribution in [0.5, 0.6) is 0 Å². The normalized spacial score (nSPS) is 12.7. The Morgan fingerprint density at radius 2 is 2.24 bits per heavy atom. The molecular weight excluding hydrogens is 285 g/mol. The van der Waals surface area contributed by atoms with Crippen LogP contribution in [0.25, 0.3) is 0 Å². The first-order valence-corrected chi connectivity index (χ1v) is 6.65. The van der Waals surface area contributed by atoms with Crippen LogP contribution in [0, 0.1) is 5.82 Å². The molecular formula is C13H19BrFNO. The zero-order valence-electron chi connectivity index (χ0n) is 10.3. The highest BCUT2D eigenvalue weighted by molar-refractivity contribution is 9.10. The molecule has 1 atom stereocenters. The smallest absolute Gasteiger partial charge is 0.126 e. The molecule has 1 rings (SSSR count). The number of hydrogen-bond donors (Lipinski definition) is 1. The lowest BCUT2D eigenvalue weighted by Gasteiger charge is -2.16. The van der Waals surface area contributed by atoms with Crippen molar-refractivity contribution in [1.29, 1.82) is 0 Å². The van der Waals surface area contributed by atoms with Gasteiger partial charge < -0.3 is 10.1 Å². The van der Waals surface area contributed by atoms with Gasteiger partial charge in [0.25, 0.3) is 0 Å². The molecule has 1 aromatic rings. The minimum absolute atomic E-state index is 0.148. The Balaban J connectivity index is 2.57. The number of rotatable bonds is 7. The second-order valence-corrected chi connectivity index (χ2v) is 4.83. The molecule has 1 unspecified atom stereocenters. The van der Waals surface area contributed by atoms with Crippen LogP contribution in [0.4, 0.5) is 4.39 Å². The third kappa shape index (κ3) is 5.15. The van der Waals surface area contributed by atoms with Gasteiger partial charge in [0.1, 0.15) is 5.82 Å². The van der Waals surface area contributed by atoms with E-state index in [-0.39, 0.29) is 11.9 Å². The number of likely N-dealkylation sites (N-methyl/N-ethyl adjacent to an activating group) is 1. The van der Waals surface area contributed by atoms with Gasteiger partial charge in [0.2, 0.25) is 0 Å². The second kappa shape index (κ2) is 7.80. The van der Waals surface area contributed by atoms with Gasteiger partial charge in [0.15, 0.2) is 0 Å². The predicted octanol–water partition coefficient (Wildman–Crippen LogP) is 3.15. The maximum atomic E-state index is 13.6. The van der Waals surface area contributed by atoms with E-state index < -0.39 is 0 Å². The van der Waals surface area contributed by atoms with Crippen molar-refractivity contribution >= 4 is 15.9 Å². The first-order chi connectivity index (χ1) is 8.17. The first kappa shape index (κ1) is 14.6. The van der Waals surface area contributed by atoms with Gasteiger partial charge >= 0.3 is 0 Å². The van der Waals surface area contributed by atoms with Crippen molar-refractivity contribution in [2.24, 2.45) is 0 Å². The molecule has 0 spiro atoms. The van der Waals surface area contributed by atoms with Gasteiger partial charge in [-0.15, -0.1) is 0 Å². The molecule has 96 valence electrons. The Bertz CT molecular complexity index is 346. The topological polar surface area (TPSA) is 21.3 Å². The van der Waals surface area contributed by atoms with Crippen LogP contribution in [-0.4, -0.2) is 26.3 Å². The van der Waals surface area contributed by atoms with E-state index in [4.69, 9.17) is 4.74 Å². The highest BCUT2D eigenvalue weighted by Crippen LogP contribution is 2.17. The number of benzene rings is 1. The van der Waals surface area contributed by atoms with Crippen molar-refractivity contribution in [2.45, 2.75) is 25.8 Å². The fraction of sp³-hybridized carbons (Fsp3) is 0.538. The van der Waals surface area contributed by atoms with Crippen molar-refractivity contribution in [2.75, 3.05) is 20.3 Å². The van der Waals surface area contributed by atoms with E-state index in [1.54, 1.807) is 6.07 Å². The van der Waals surface area contributed by atoms with E-state index in [0.29, 0.717) is 13.0 Å². The van der Waals surface area contributed by atoms with Crippen LogP contribution in [0.1, 0.15) is 18.9 Å². The lowest BCUT2D eigenvalue weighted by Crippen LogP contribution is -2.29. The highest BCUT2D eigenvalue weighted by atomic mass is 79.9. The van der Waals surface area contributed by atoms with E-state index in [2.05, 4.69) is 21.2 Å². The second-order valence-electron chi connectivity index (χ2n) is 3.91. The van der Waals surface area contributed by atoms with Gasteiger partial charge in [-0.05, 0) is 50.6 Å². The Morgan fingerprint density at radius 1 is 1.47 bits per heavy atom. The molecule has 17 heavy (non-hydrogen) atoms. The van der Waals surface area contributed by atoms with E-state index in [1.807, 2.05) is 20.0 Å². The molecule has 0 bridgehead atoms. The van der Waals surface area contributed by atoms with Gasteiger partial charge in [-0.25, -0.2) is 4.39 Å². The maximum absolute atomic E-state index is 13.6. The van der Waals surface area contributed by atoms with Crippen molar-refractivity contribution in [3.8, 4) is 0 Å². The summed E-state index contributed by atoms with van der Waals surface area (Å²) in [5.74, 6) is -0.148. The Hall–Kier alpha value is -0.450. The first-order valence-electron chi connectivity index (χ1n) is 5.86. The minimum Gasteiger partial charge on any atom is -0.382 e. The van der Waals surface area contributed by atoms with Crippen molar-refractivity contribution in [3.63, 3.8) is 0 Å². The zero-order chi connectivity index (χ0) is 12.7. The summed E-state index contributed by atoms with van der Waals surface area (Å²) in [6, 6.07) is 5.29. The molecule has 0 heterocycles. The largest absolute Gasteiger partial charge is 0.382 e. The molecule has 0 amide bonds. The van der Waals surface area contributed by atoms with Gasteiger partial charge in [-0.2, -0.15) is 0 Å². The fourth-order valence-electron chi connectivity index (χ4n) is 1.68. The average Bonchev–Trinajstić information content (AvgIpc) is 2.32. The minimum atomic E-state index is -0.148. The van der Waals surface area contributed by atoms with Crippen LogP contribution in [-0.2, 0) is 11.2 Å². The molecule has 0 aliphatic rings. The van der Waals surface area contributed by atoms with E-state index in [0.717, 1.165) is 23.1 Å². The summed E-state index contributed by atoms with van der Waals surface area (Å²) >= 11 is 3.36. The van der Waals surface area contributed by atoms with Crippen LogP contribution >= 0.6 is 15.9 Å². The summed E-state index contributed by atoms with van der Waals surface area (Å²) in [5.41, 5.74) is 0.732. The van der Waals surface area contributed by atoms with Gasteiger partial charge in [-0.3, -0.25) is 0 Å². The van der Waals surface area contributed by atoms with Crippen LogP contribution in [0.3, 0.4) is 0 Å². The molecule has 4 heteroatoms. The van der Waals surface area contributed by atoms with Gasteiger partial charge in [0.05, 0.1) is 0 Å². The fourth-order valence-corrected chi connectivity index (χ4v) is 2.09. The predicted molar refractivity (Wildman–Crippen MR) is 71.8 cm³/mol. The standard InChI is InChI=1S/C13H19BrFNO/c1-3-17-7-6-12(16-2)9-10-8-11(14)4-5-13(10)15/h4-5,8,12,16H,3,6-7,9H2,1-2H3. The number of nitrogens with one attached hydrogen (secondary N) is 1. The van der Waals surface area contributed by atoms with Crippen molar-refractivity contribution < 1.29 is 9.13 Å². The summed E-state index contributed by atoms with van der Waals surface area (Å²) in [7, 11) is 1.90. The molecule has 0 aliphatic heterocycles. The molecule has 1 N–H and O–H groups in total. The molecule has 1 aromatic carbocycles. The van der Waals surface area contributed by atoms with E-state index >= 15 is 0 Å². The van der Waals surface area contributed by atoms with Gasteiger partial charge in [-0.1, -0.05) is 15.9 Å². The molecule has 0 aliphatic carbocycles. The third-order valence-corrected chi connectivity index (χ3v) is 3.19. The average molecular weight is 304 g/mol. The Morgan fingerprint density at radius 3 is 2.88 bits per heavy atom. The summed E-state index contributed by atoms with van der Waals surface area (Å²) in [4.78, 5) is 0. The summed E-state index contributed by atoms with van der Waals surface area (Å²) < 4.78 is 19.8.